The zero-order valence-electron chi connectivity index (χ0n) is 18.1. The van der Waals surface area contributed by atoms with Crippen LogP contribution in [0.1, 0.15) is 20.9 Å². The number of aromatic amines is 1. The minimum atomic E-state index is -0.598. The molecule has 0 radical (unpaired) electrons. The summed E-state index contributed by atoms with van der Waals surface area (Å²) in [7, 11) is 0. The van der Waals surface area contributed by atoms with Crippen LogP contribution < -0.4 is 0 Å². The Balaban J connectivity index is 1.16. The lowest BCUT2D eigenvalue weighted by molar-refractivity contribution is -0.136. The summed E-state index contributed by atoms with van der Waals surface area (Å²) in [6.07, 6.45) is 4.83. The van der Waals surface area contributed by atoms with Crippen LogP contribution in [0.3, 0.4) is 0 Å². The van der Waals surface area contributed by atoms with E-state index in [0.717, 1.165) is 5.56 Å². The molecule has 1 fully saturated rings. The lowest BCUT2D eigenvalue weighted by Crippen LogP contribution is -2.51. The van der Waals surface area contributed by atoms with E-state index >= 15 is 0 Å². The standard InChI is InChI=1S/C24H21N5O5/c30-21(28-8-10-29(11-9-28)23(31)20-4-2-12-33-20)15-34-24(32)16-5-6-18-19(13-16)27-22(26-18)17-3-1-7-25-14-17/h1-7,12-14H,8-11,15H2,(H,26,27). The molecular formula is C24H21N5O5. The molecule has 1 N–H and O–H groups in total. The predicted molar refractivity (Wildman–Crippen MR) is 121 cm³/mol. The van der Waals surface area contributed by atoms with Gasteiger partial charge in [0.2, 0.25) is 0 Å². The Labute approximate surface area is 194 Å². The van der Waals surface area contributed by atoms with Crippen LogP contribution in [-0.2, 0) is 9.53 Å². The van der Waals surface area contributed by atoms with Crippen molar-refractivity contribution in [2.45, 2.75) is 0 Å². The Bertz CT molecular complexity index is 1320. The van der Waals surface area contributed by atoms with E-state index in [4.69, 9.17) is 9.15 Å². The molecule has 0 bridgehead atoms. The fourth-order valence-electron chi connectivity index (χ4n) is 3.79. The van der Waals surface area contributed by atoms with Crippen LogP contribution in [-0.4, -0.2) is 75.3 Å². The van der Waals surface area contributed by atoms with Gasteiger partial charge in [-0.1, -0.05) is 0 Å². The summed E-state index contributed by atoms with van der Waals surface area (Å²) in [5, 5.41) is 0. The maximum Gasteiger partial charge on any atom is 0.338 e. The monoisotopic (exact) mass is 459 g/mol. The summed E-state index contributed by atoms with van der Waals surface area (Å²) < 4.78 is 10.4. The number of hydrogen-bond acceptors (Lipinski definition) is 7. The number of nitrogens with zero attached hydrogens (tertiary/aromatic N) is 4. The third kappa shape index (κ3) is 4.38. The van der Waals surface area contributed by atoms with Crippen molar-refractivity contribution in [2.75, 3.05) is 32.8 Å². The molecule has 10 heteroatoms. The van der Waals surface area contributed by atoms with Crippen LogP contribution in [0.15, 0.2) is 65.5 Å². The van der Waals surface area contributed by atoms with Gasteiger partial charge in [-0.25, -0.2) is 9.78 Å². The Morgan fingerprint density at radius 1 is 1.03 bits per heavy atom. The van der Waals surface area contributed by atoms with Crippen LogP contribution in [0.4, 0.5) is 0 Å². The molecule has 4 heterocycles. The van der Waals surface area contributed by atoms with Gasteiger partial charge in [0.05, 0.1) is 22.9 Å². The molecule has 3 aromatic heterocycles. The number of nitrogens with one attached hydrogen (secondary N) is 1. The van der Waals surface area contributed by atoms with Crippen LogP contribution in [0, 0.1) is 0 Å². The lowest BCUT2D eigenvalue weighted by Gasteiger charge is -2.34. The minimum absolute atomic E-state index is 0.204. The first-order chi connectivity index (χ1) is 16.6. The Kier molecular flexibility index (Phi) is 5.77. The molecule has 4 aromatic rings. The fraction of sp³-hybridized carbons (Fsp3) is 0.208. The van der Waals surface area contributed by atoms with Gasteiger partial charge in [-0.15, -0.1) is 0 Å². The molecule has 1 aliphatic heterocycles. The zero-order valence-corrected chi connectivity index (χ0v) is 18.1. The number of piperazine rings is 1. The number of benzene rings is 1. The molecule has 0 saturated carbocycles. The topological polar surface area (TPSA) is 122 Å². The summed E-state index contributed by atoms with van der Waals surface area (Å²) >= 11 is 0. The predicted octanol–water partition coefficient (Wildman–Crippen LogP) is 2.36. The van der Waals surface area contributed by atoms with Gasteiger partial charge in [0.1, 0.15) is 5.82 Å². The summed E-state index contributed by atoms with van der Waals surface area (Å²) in [4.78, 5) is 52.4. The normalized spacial score (nSPS) is 13.8. The average Bonchev–Trinajstić information content (AvgIpc) is 3.57. The number of fused-ring (bicyclic) bond motifs is 1. The summed E-state index contributed by atoms with van der Waals surface area (Å²) in [5.41, 5.74) is 2.53. The van der Waals surface area contributed by atoms with E-state index in [1.807, 2.05) is 12.1 Å². The summed E-state index contributed by atoms with van der Waals surface area (Å²) in [5.74, 6) is -0.187. The van der Waals surface area contributed by atoms with E-state index in [9.17, 15) is 14.4 Å². The van der Waals surface area contributed by atoms with E-state index in [0.29, 0.717) is 48.6 Å². The van der Waals surface area contributed by atoms with Crippen LogP contribution >= 0.6 is 0 Å². The van der Waals surface area contributed by atoms with Crippen LogP contribution in [0.2, 0.25) is 0 Å². The van der Waals surface area contributed by atoms with Gasteiger partial charge in [0.15, 0.2) is 12.4 Å². The molecule has 1 aliphatic rings. The van der Waals surface area contributed by atoms with Gasteiger partial charge < -0.3 is 23.9 Å². The molecule has 2 amide bonds. The Morgan fingerprint density at radius 2 is 1.85 bits per heavy atom. The number of carbonyl (C=O) groups excluding carboxylic acids is 3. The highest BCUT2D eigenvalue weighted by Gasteiger charge is 2.26. The number of pyridine rings is 1. The van der Waals surface area contributed by atoms with Crippen molar-refractivity contribution in [2.24, 2.45) is 0 Å². The first-order valence-corrected chi connectivity index (χ1v) is 10.8. The molecule has 34 heavy (non-hydrogen) atoms. The van der Waals surface area contributed by atoms with Crippen LogP contribution in [0.5, 0.6) is 0 Å². The highest BCUT2D eigenvalue weighted by Crippen LogP contribution is 2.21. The first-order valence-electron chi connectivity index (χ1n) is 10.8. The van der Waals surface area contributed by atoms with Crippen LogP contribution in [0.25, 0.3) is 22.4 Å². The van der Waals surface area contributed by atoms with Gasteiger partial charge in [-0.05, 0) is 42.5 Å². The molecule has 0 aliphatic carbocycles. The third-order valence-electron chi connectivity index (χ3n) is 5.63. The third-order valence-corrected chi connectivity index (χ3v) is 5.63. The number of rotatable bonds is 5. The number of carbonyl (C=O) groups is 3. The SMILES string of the molecule is O=C(OCC(=O)N1CCN(C(=O)c2ccco2)CC1)c1ccc2nc(-c3cccnc3)[nH]c2c1. The smallest absolute Gasteiger partial charge is 0.338 e. The highest BCUT2D eigenvalue weighted by atomic mass is 16.5. The number of furan rings is 1. The first kappa shape index (κ1) is 21.4. The van der Waals surface area contributed by atoms with Crippen molar-refractivity contribution in [3.8, 4) is 11.4 Å². The van der Waals surface area contributed by atoms with E-state index in [1.54, 1.807) is 52.5 Å². The van der Waals surface area contributed by atoms with Crippen molar-refractivity contribution < 1.29 is 23.5 Å². The Morgan fingerprint density at radius 3 is 2.59 bits per heavy atom. The molecule has 0 unspecified atom stereocenters. The molecule has 10 nitrogen and oxygen atoms in total. The summed E-state index contributed by atoms with van der Waals surface area (Å²) in [6, 6.07) is 12.0. The number of esters is 1. The minimum Gasteiger partial charge on any atom is -0.459 e. The van der Waals surface area contributed by atoms with Crippen molar-refractivity contribution in [3.63, 3.8) is 0 Å². The van der Waals surface area contributed by atoms with E-state index < -0.39 is 5.97 Å². The maximum atomic E-state index is 12.5. The molecule has 5 rings (SSSR count). The number of H-pyrrole nitrogens is 1. The second-order valence-corrected chi connectivity index (χ2v) is 7.79. The lowest BCUT2D eigenvalue weighted by atomic mass is 10.2. The quantitative estimate of drug-likeness (QED) is 0.455. The molecule has 0 spiro atoms. The van der Waals surface area contributed by atoms with E-state index in [1.165, 1.54) is 6.26 Å². The highest BCUT2D eigenvalue weighted by molar-refractivity contribution is 5.95. The van der Waals surface area contributed by atoms with Crippen molar-refractivity contribution in [1.29, 1.82) is 0 Å². The number of ether oxygens (including phenoxy) is 1. The molecule has 1 saturated heterocycles. The van der Waals surface area contributed by atoms with E-state index in [2.05, 4.69) is 15.0 Å². The maximum absolute atomic E-state index is 12.5. The van der Waals surface area contributed by atoms with Crippen molar-refractivity contribution in [1.82, 2.24) is 24.8 Å². The van der Waals surface area contributed by atoms with Gasteiger partial charge >= 0.3 is 5.97 Å². The molecule has 1 aromatic carbocycles. The number of aromatic nitrogens is 3. The summed E-state index contributed by atoms with van der Waals surface area (Å²) in [6.45, 7) is 1.12. The number of imidazole rings is 1. The number of hydrogen-bond donors (Lipinski definition) is 1. The van der Waals surface area contributed by atoms with Crippen molar-refractivity contribution >= 4 is 28.8 Å². The van der Waals surface area contributed by atoms with Gasteiger partial charge in [0, 0.05) is 44.1 Å². The van der Waals surface area contributed by atoms with Gasteiger partial charge in [0.25, 0.3) is 11.8 Å². The molecule has 0 atom stereocenters. The largest absolute Gasteiger partial charge is 0.459 e. The second-order valence-electron chi connectivity index (χ2n) is 7.79. The van der Waals surface area contributed by atoms with Crippen molar-refractivity contribution in [3.05, 3.63) is 72.4 Å². The Hall–Kier alpha value is -4.47. The zero-order chi connectivity index (χ0) is 23.5. The van der Waals surface area contributed by atoms with Gasteiger partial charge in [-0.3, -0.25) is 14.6 Å². The average molecular weight is 459 g/mol. The number of amides is 2. The van der Waals surface area contributed by atoms with Gasteiger partial charge in [-0.2, -0.15) is 0 Å². The molecular weight excluding hydrogens is 438 g/mol. The fourth-order valence-corrected chi connectivity index (χ4v) is 3.79. The molecule has 172 valence electrons. The second kappa shape index (κ2) is 9.18. The van der Waals surface area contributed by atoms with E-state index in [-0.39, 0.29) is 24.2 Å².